The highest BCUT2D eigenvalue weighted by atomic mass is 32.2. The molecule has 1 fully saturated rings. The Morgan fingerprint density at radius 3 is 2.73 bits per heavy atom. The Bertz CT molecular complexity index is 666. The summed E-state index contributed by atoms with van der Waals surface area (Å²) in [7, 11) is -3.41. The van der Waals surface area contributed by atoms with E-state index in [1.165, 1.54) is 6.07 Å². The summed E-state index contributed by atoms with van der Waals surface area (Å²) in [6.45, 7) is 0.850. The van der Waals surface area contributed by atoms with Gasteiger partial charge in [0.25, 0.3) is 5.91 Å². The fraction of sp³-hybridized carbons (Fsp3) is 0.533. The lowest BCUT2D eigenvalue weighted by molar-refractivity contribution is 0.0957. The van der Waals surface area contributed by atoms with Gasteiger partial charge in [0.05, 0.1) is 17.4 Å². The van der Waals surface area contributed by atoms with Crippen molar-refractivity contribution >= 4 is 21.6 Å². The summed E-state index contributed by atoms with van der Waals surface area (Å²) in [6, 6.07) is 4.81. The predicted octanol–water partition coefficient (Wildman–Crippen LogP) is 1.88. The van der Waals surface area contributed by atoms with Crippen molar-refractivity contribution in [2.24, 2.45) is 0 Å². The van der Waals surface area contributed by atoms with Gasteiger partial charge in [-0.1, -0.05) is 19.3 Å². The third-order valence-electron chi connectivity index (χ3n) is 4.12. The van der Waals surface area contributed by atoms with Crippen molar-refractivity contribution in [3.63, 3.8) is 0 Å². The number of hydrogen-bond acceptors (Lipinski definition) is 4. The zero-order chi connectivity index (χ0) is 15.6. The van der Waals surface area contributed by atoms with E-state index in [1.807, 2.05) is 0 Å². The van der Waals surface area contributed by atoms with Crippen molar-refractivity contribution in [3.05, 3.63) is 23.8 Å². The fourth-order valence-electron chi connectivity index (χ4n) is 2.94. The Morgan fingerprint density at radius 2 is 1.95 bits per heavy atom. The summed E-state index contributed by atoms with van der Waals surface area (Å²) in [5, 5.41) is 2.37. The number of nitrogens with one attached hydrogen (secondary N) is 2. The first kappa shape index (κ1) is 15.1. The summed E-state index contributed by atoms with van der Waals surface area (Å²) in [6.07, 6.45) is 4.40. The lowest BCUT2D eigenvalue weighted by Crippen LogP contribution is -2.29. The molecule has 1 saturated carbocycles. The number of sulfonamides is 1. The molecule has 0 aromatic heterocycles. The number of amides is 1. The molecule has 6 nitrogen and oxygen atoms in total. The second-order valence-corrected chi connectivity index (χ2v) is 7.68. The van der Waals surface area contributed by atoms with E-state index >= 15 is 0 Å². The molecule has 2 aliphatic rings. The molecule has 7 heteroatoms. The van der Waals surface area contributed by atoms with Crippen LogP contribution in [0.4, 0.5) is 5.69 Å². The molecule has 1 aliphatic carbocycles. The van der Waals surface area contributed by atoms with Crippen LogP contribution in [0.1, 0.15) is 42.5 Å². The minimum absolute atomic E-state index is 0.244. The molecule has 1 aliphatic heterocycles. The molecule has 1 heterocycles. The summed E-state index contributed by atoms with van der Waals surface area (Å²) in [4.78, 5) is 12.0. The van der Waals surface area contributed by atoms with Crippen molar-refractivity contribution < 1.29 is 17.9 Å². The van der Waals surface area contributed by atoms with Crippen LogP contribution in [0.25, 0.3) is 0 Å². The summed E-state index contributed by atoms with van der Waals surface area (Å²) in [5.41, 5.74) is 0.770. The summed E-state index contributed by atoms with van der Waals surface area (Å²) < 4.78 is 32.9. The lowest BCUT2D eigenvalue weighted by atomic mass is 10.0. The molecule has 1 amide bonds. The van der Waals surface area contributed by atoms with Crippen LogP contribution in [-0.2, 0) is 10.0 Å². The number of anilines is 1. The molecule has 2 N–H and O–H groups in total. The van der Waals surface area contributed by atoms with Crippen LogP contribution in [0.3, 0.4) is 0 Å². The van der Waals surface area contributed by atoms with Gasteiger partial charge in [0.1, 0.15) is 12.4 Å². The van der Waals surface area contributed by atoms with E-state index in [2.05, 4.69) is 10.0 Å². The van der Waals surface area contributed by atoms with Crippen molar-refractivity contribution in [1.82, 2.24) is 5.32 Å². The van der Waals surface area contributed by atoms with Gasteiger partial charge < -0.3 is 10.1 Å². The number of benzene rings is 1. The molecule has 1 aromatic rings. The van der Waals surface area contributed by atoms with Gasteiger partial charge in [0.15, 0.2) is 0 Å². The molecule has 0 radical (unpaired) electrons. The number of rotatable bonds is 3. The van der Waals surface area contributed by atoms with E-state index in [0.29, 0.717) is 43.0 Å². The first-order chi connectivity index (χ1) is 10.6. The van der Waals surface area contributed by atoms with E-state index in [1.54, 1.807) is 12.1 Å². The normalized spacial score (nSPS) is 19.5. The molecule has 0 bridgehead atoms. The van der Waals surface area contributed by atoms with Gasteiger partial charge in [-0.05, 0) is 31.0 Å². The van der Waals surface area contributed by atoms with Crippen LogP contribution in [0.15, 0.2) is 18.2 Å². The number of hydrogen-bond donors (Lipinski definition) is 2. The van der Waals surface area contributed by atoms with Crippen molar-refractivity contribution in [3.8, 4) is 5.75 Å². The van der Waals surface area contributed by atoms with Gasteiger partial charge in [0.2, 0.25) is 10.0 Å². The maximum absolute atomic E-state index is 12.4. The highest BCUT2D eigenvalue weighted by molar-refractivity contribution is 7.93. The molecule has 0 spiro atoms. The van der Waals surface area contributed by atoms with Crippen LogP contribution in [0.5, 0.6) is 5.75 Å². The largest absolute Gasteiger partial charge is 0.491 e. The zero-order valence-corrected chi connectivity index (χ0v) is 13.1. The minimum Gasteiger partial charge on any atom is -0.491 e. The number of fused-ring (bicyclic) bond motifs is 1. The third kappa shape index (κ3) is 3.19. The van der Waals surface area contributed by atoms with Crippen LogP contribution < -0.4 is 14.8 Å². The van der Waals surface area contributed by atoms with Crippen LogP contribution in [0, 0.1) is 0 Å². The maximum Gasteiger partial charge on any atom is 0.255 e. The van der Waals surface area contributed by atoms with Gasteiger partial charge in [0, 0.05) is 5.69 Å². The van der Waals surface area contributed by atoms with Crippen molar-refractivity contribution in [2.75, 3.05) is 17.9 Å². The van der Waals surface area contributed by atoms with Crippen LogP contribution in [-0.4, -0.2) is 32.7 Å². The smallest absolute Gasteiger partial charge is 0.255 e. The average molecular weight is 324 g/mol. The predicted molar refractivity (Wildman–Crippen MR) is 83.7 cm³/mol. The van der Waals surface area contributed by atoms with Crippen LogP contribution >= 0.6 is 0 Å². The number of carbonyl (C=O) groups excluding carboxylic acids is 1. The van der Waals surface area contributed by atoms with Gasteiger partial charge in [-0.3, -0.25) is 9.52 Å². The molecule has 1 aromatic carbocycles. The van der Waals surface area contributed by atoms with Gasteiger partial charge in [-0.2, -0.15) is 0 Å². The minimum atomic E-state index is -3.41. The van der Waals surface area contributed by atoms with Gasteiger partial charge in [-0.15, -0.1) is 0 Å². The van der Waals surface area contributed by atoms with E-state index in [0.717, 1.165) is 19.3 Å². The lowest BCUT2D eigenvalue weighted by Gasteiger charge is -2.22. The van der Waals surface area contributed by atoms with Crippen LogP contribution in [0.2, 0.25) is 0 Å². The fourth-order valence-corrected chi connectivity index (χ4v) is 4.52. The Hall–Kier alpha value is -1.76. The Morgan fingerprint density at radius 1 is 1.18 bits per heavy atom. The molecule has 22 heavy (non-hydrogen) atoms. The molecular formula is C15H20N2O4S. The number of ether oxygens (including phenoxy) is 1. The van der Waals surface area contributed by atoms with Crippen molar-refractivity contribution in [2.45, 2.75) is 37.4 Å². The van der Waals surface area contributed by atoms with E-state index < -0.39 is 10.0 Å². The SMILES string of the molecule is O=C1NCCOc2ccc(NS(=O)(=O)C3CCCCC3)cc21. The first-order valence-corrected chi connectivity index (χ1v) is 9.17. The zero-order valence-electron chi connectivity index (χ0n) is 12.3. The standard InChI is InChI=1S/C15H20N2O4S/c18-15-13-10-11(6-7-14(13)21-9-8-16-15)17-22(19,20)12-4-2-1-3-5-12/h6-7,10,12,17H,1-5,8-9H2,(H,16,18). The first-order valence-electron chi connectivity index (χ1n) is 7.63. The Kier molecular flexibility index (Phi) is 4.24. The molecular weight excluding hydrogens is 304 g/mol. The third-order valence-corrected chi connectivity index (χ3v) is 5.99. The highest BCUT2D eigenvalue weighted by Crippen LogP contribution is 2.28. The Balaban J connectivity index is 1.82. The van der Waals surface area contributed by atoms with E-state index in [4.69, 9.17) is 4.74 Å². The molecule has 0 unspecified atom stereocenters. The second-order valence-electron chi connectivity index (χ2n) is 5.72. The van der Waals surface area contributed by atoms with Crippen molar-refractivity contribution in [1.29, 1.82) is 0 Å². The average Bonchev–Trinajstić information content (AvgIpc) is 2.70. The quantitative estimate of drug-likeness (QED) is 0.889. The molecule has 0 saturated heterocycles. The molecule has 0 atom stereocenters. The molecule has 120 valence electrons. The number of carbonyl (C=O) groups is 1. The highest BCUT2D eigenvalue weighted by Gasteiger charge is 2.27. The van der Waals surface area contributed by atoms with Gasteiger partial charge >= 0.3 is 0 Å². The van der Waals surface area contributed by atoms with Gasteiger partial charge in [-0.25, -0.2) is 8.42 Å². The topological polar surface area (TPSA) is 84.5 Å². The van der Waals surface area contributed by atoms with E-state index in [9.17, 15) is 13.2 Å². The molecule has 3 rings (SSSR count). The summed E-state index contributed by atoms with van der Waals surface area (Å²) in [5.74, 6) is 0.238. The Labute approximate surface area is 130 Å². The second kappa shape index (κ2) is 6.16. The monoisotopic (exact) mass is 324 g/mol. The summed E-state index contributed by atoms with van der Waals surface area (Å²) >= 11 is 0. The van der Waals surface area contributed by atoms with E-state index in [-0.39, 0.29) is 11.2 Å². The maximum atomic E-state index is 12.4.